The van der Waals surface area contributed by atoms with E-state index < -0.39 is 17.3 Å². The van der Waals surface area contributed by atoms with Crippen LogP contribution in [0.2, 0.25) is 0 Å². The molecule has 1 amide bonds. The second-order valence-electron chi connectivity index (χ2n) is 7.29. The lowest BCUT2D eigenvalue weighted by Gasteiger charge is -2.30. The van der Waals surface area contributed by atoms with Crippen LogP contribution in [0.5, 0.6) is 0 Å². The van der Waals surface area contributed by atoms with Crippen LogP contribution >= 0.6 is 15.9 Å². The number of carbonyl (C=O) groups excluding carboxylic acids is 1. The van der Waals surface area contributed by atoms with Crippen molar-refractivity contribution >= 4 is 27.8 Å². The van der Waals surface area contributed by atoms with Crippen LogP contribution in [-0.4, -0.2) is 35.0 Å². The average Bonchev–Trinajstić information content (AvgIpc) is 3.25. The van der Waals surface area contributed by atoms with E-state index >= 15 is 0 Å². The lowest BCUT2D eigenvalue weighted by atomic mass is 9.83. The lowest BCUT2D eigenvalue weighted by molar-refractivity contribution is -0.143. The Labute approximate surface area is 145 Å². The topological polar surface area (TPSA) is 57.6 Å². The maximum absolute atomic E-state index is 13.0. The van der Waals surface area contributed by atoms with Crippen LogP contribution in [0.4, 0.5) is 0 Å². The van der Waals surface area contributed by atoms with E-state index in [0.717, 1.165) is 22.9 Å². The van der Waals surface area contributed by atoms with Crippen molar-refractivity contribution in [1.29, 1.82) is 0 Å². The van der Waals surface area contributed by atoms with E-state index in [0.29, 0.717) is 19.0 Å². The highest BCUT2D eigenvalue weighted by Crippen LogP contribution is 2.45. The van der Waals surface area contributed by atoms with Crippen molar-refractivity contribution in [2.24, 2.45) is 17.8 Å². The maximum atomic E-state index is 13.0. The molecule has 0 aromatic heterocycles. The summed E-state index contributed by atoms with van der Waals surface area (Å²) >= 11 is 3.41. The van der Waals surface area contributed by atoms with Gasteiger partial charge in [-0.1, -0.05) is 28.1 Å². The molecule has 3 rings (SSSR count). The van der Waals surface area contributed by atoms with E-state index in [1.54, 1.807) is 4.90 Å². The van der Waals surface area contributed by atoms with Crippen molar-refractivity contribution in [2.75, 3.05) is 13.1 Å². The Morgan fingerprint density at radius 3 is 2.30 bits per heavy atom. The average molecular weight is 380 g/mol. The highest BCUT2D eigenvalue weighted by molar-refractivity contribution is 9.10. The minimum absolute atomic E-state index is 0.0224. The molecule has 1 N–H and O–H groups in total. The number of hydrogen-bond acceptors (Lipinski definition) is 2. The summed E-state index contributed by atoms with van der Waals surface area (Å²) in [5.41, 5.74) is 0.301. The largest absolute Gasteiger partial charge is 0.481 e. The highest BCUT2D eigenvalue weighted by Gasteiger charge is 2.48. The summed E-state index contributed by atoms with van der Waals surface area (Å²) < 4.78 is 0.977. The Hall–Kier alpha value is -1.36. The zero-order valence-corrected chi connectivity index (χ0v) is 15.0. The van der Waals surface area contributed by atoms with Crippen LogP contribution in [-0.2, 0) is 15.0 Å². The molecule has 1 aromatic rings. The number of carbonyl (C=O) groups is 2. The standard InChI is InChI=1S/C18H22BrNO3/c1-18(2,12-5-7-13(19)8-6-12)17(23)20-9-14(11-3-4-11)15(10-20)16(21)22/h5-8,11,14-15H,3-4,9-10H2,1-2H3,(H,21,22)/t14-,15+/m1/s1. The summed E-state index contributed by atoms with van der Waals surface area (Å²) in [6.07, 6.45) is 2.21. The van der Waals surface area contributed by atoms with Gasteiger partial charge >= 0.3 is 5.97 Å². The first kappa shape index (κ1) is 16.5. The number of carboxylic acids is 1. The van der Waals surface area contributed by atoms with Crippen molar-refractivity contribution < 1.29 is 14.7 Å². The fraction of sp³-hybridized carbons (Fsp3) is 0.556. The monoisotopic (exact) mass is 379 g/mol. The first-order chi connectivity index (χ1) is 10.8. The molecule has 0 spiro atoms. The van der Waals surface area contributed by atoms with Crippen molar-refractivity contribution in [2.45, 2.75) is 32.1 Å². The van der Waals surface area contributed by atoms with Crippen LogP contribution in [0.3, 0.4) is 0 Å². The zero-order chi connectivity index (χ0) is 16.8. The minimum atomic E-state index is -0.765. The summed E-state index contributed by atoms with van der Waals surface area (Å²) in [6.45, 7) is 4.76. The van der Waals surface area contributed by atoms with Crippen LogP contribution < -0.4 is 0 Å². The highest BCUT2D eigenvalue weighted by atomic mass is 79.9. The van der Waals surface area contributed by atoms with Crippen LogP contribution in [0.25, 0.3) is 0 Å². The van der Waals surface area contributed by atoms with Crippen molar-refractivity contribution in [3.8, 4) is 0 Å². The number of aliphatic carboxylic acids is 1. The Balaban J connectivity index is 1.79. The molecule has 2 aliphatic rings. The number of likely N-dealkylation sites (tertiary alicyclic amines) is 1. The summed E-state index contributed by atoms with van der Waals surface area (Å²) in [7, 11) is 0. The predicted molar refractivity (Wildman–Crippen MR) is 91.1 cm³/mol. The molecule has 2 atom stereocenters. The molecule has 1 aliphatic heterocycles. The second-order valence-corrected chi connectivity index (χ2v) is 8.20. The van der Waals surface area contributed by atoms with E-state index in [-0.39, 0.29) is 11.8 Å². The van der Waals surface area contributed by atoms with Crippen LogP contribution in [0, 0.1) is 17.8 Å². The molecule has 1 heterocycles. The molecule has 1 aliphatic carbocycles. The third-order valence-electron chi connectivity index (χ3n) is 5.30. The van der Waals surface area contributed by atoms with Crippen LogP contribution in [0.15, 0.2) is 28.7 Å². The number of benzene rings is 1. The van der Waals surface area contributed by atoms with Gasteiger partial charge < -0.3 is 10.0 Å². The first-order valence-corrected chi connectivity index (χ1v) is 8.88. The van der Waals surface area contributed by atoms with Gasteiger partial charge in [-0.25, -0.2) is 0 Å². The van der Waals surface area contributed by atoms with Gasteiger partial charge in [0.15, 0.2) is 0 Å². The van der Waals surface area contributed by atoms with Gasteiger partial charge in [0.2, 0.25) is 5.91 Å². The van der Waals surface area contributed by atoms with E-state index in [2.05, 4.69) is 15.9 Å². The fourth-order valence-electron chi connectivity index (χ4n) is 3.64. The molecule has 23 heavy (non-hydrogen) atoms. The van der Waals surface area contributed by atoms with Gasteiger partial charge in [0, 0.05) is 17.6 Å². The number of halogens is 1. The van der Waals surface area contributed by atoms with Crippen molar-refractivity contribution in [3.05, 3.63) is 34.3 Å². The lowest BCUT2D eigenvalue weighted by Crippen LogP contribution is -2.42. The van der Waals surface area contributed by atoms with Gasteiger partial charge in [0.1, 0.15) is 0 Å². The molecule has 0 radical (unpaired) electrons. The molecule has 5 heteroatoms. The van der Waals surface area contributed by atoms with Crippen molar-refractivity contribution in [3.63, 3.8) is 0 Å². The van der Waals surface area contributed by atoms with E-state index in [1.165, 1.54) is 0 Å². The van der Waals surface area contributed by atoms with Gasteiger partial charge in [-0.15, -0.1) is 0 Å². The molecule has 0 unspecified atom stereocenters. The number of carboxylic acid groups (broad SMARTS) is 1. The number of amides is 1. The normalized spacial score (nSPS) is 24.7. The summed E-state index contributed by atoms with van der Waals surface area (Å²) in [5, 5.41) is 9.47. The zero-order valence-electron chi connectivity index (χ0n) is 13.5. The summed E-state index contributed by atoms with van der Waals surface area (Å²) in [5.74, 6) is -0.540. The van der Waals surface area contributed by atoms with Crippen molar-refractivity contribution in [1.82, 2.24) is 4.90 Å². The van der Waals surface area contributed by atoms with Gasteiger partial charge in [-0.3, -0.25) is 9.59 Å². The summed E-state index contributed by atoms with van der Waals surface area (Å²) in [4.78, 5) is 26.3. The molecule has 4 nitrogen and oxygen atoms in total. The van der Waals surface area contributed by atoms with E-state index in [9.17, 15) is 14.7 Å². The smallest absolute Gasteiger partial charge is 0.308 e. The number of nitrogens with zero attached hydrogens (tertiary/aromatic N) is 1. The molecule has 1 aromatic carbocycles. The second kappa shape index (κ2) is 5.93. The molecule has 1 saturated heterocycles. The van der Waals surface area contributed by atoms with Gasteiger partial charge in [-0.05, 0) is 56.2 Å². The summed E-state index contributed by atoms with van der Waals surface area (Å²) in [6, 6.07) is 7.76. The quantitative estimate of drug-likeness (QED) is 0.872. The van der Waals surface area contributed by atoms with Crippen LogP contribution in [0.1, 0.15) is 32.3 Å². The SMILES string of the molecule is CC(C)(C(=O)N1C[C@H](C(=O)O)[C@@H](C2CC2)C1)c1ccc(Br)cc1. The van der Waals surface area contributed by atoms with E-state index in [1.807, 2.05) is 38.1 Å². The third-order valence-corrected chi connectivity index (χ3v) is 5.83. The molecule has 1 saturated carbocycles. The first-order valence-electron chi connectivity index (χ1n) is 8.09. The van der Waals surface area contributed by atoms with Gasteiger partial charge in [0.25, 0.3) is 0 Å². The maximum Gasteiger partial charge on any atom is 0.308 e. The Bertz CT molecular complexity index is 622. The van der Waals surface area contributed by atoms with Gasteiger partial charge in [-0.2, -0.15) is 0 Å². The molecule has 0 bridgehead atoms. The molecule has 2 fully saturated rings. The number of rotatable bonds is 4. The Kier molecular flexibility index (Phi) is 4.25. The number of hydrogen-bond donors (Lipinski definition) is 1. The Morgan fingerprint density at radius 2 is 1.78 bits per heavy atom. The third kappa shape index (κ3) is 3.16. The molecule has 124 valence electrons. The fourth-order valence-corrected chi connectivity index (χ4v) is 3.91. The molecular formula is C18H22BrNO3. The predicted octanol–water partition coefficient (Wildman–Crippen LogP) is 3.30. The molecular weight excluding hydrogens is 358 g/mol. The van der Waals surface area contributed by atoms with E-state index in [4.69, 9.17) is 0 Å². The van der Waals surface area contributed by atoms with Gasteiger partial charge in [0.05, 0.1) is 11.3 Å². The minimum Gasteiger partial charge on any atom is -0.481 e. The Morgan fingerprint density at radius 1 is 1.17 bits per heavy atom.